The third-order valence-electron chi connectivity index (χ3n) is 3.33. The monoisotopic (exact) mass is 274 g/mol. The first-order valence-corrected chi connectivity index (χ1v) is 6.22. The Bertz CT molecular complexity index is 805. The molecule has 6 heteroatoms. The molecule has 0 bridgehead atoms. The van der Waals surface area contributed by atoms with Crippen molar-refractivity contribution in [1.29, 1.82) is 0 Å². The van der Waals surface area contributed by atoms with Crippen molar-refractivity contribution in [3.63, 3.8) is 0 Å². The van der Waals surface area contributed by atoms with E-state index in [1.165, 1.54) is 16.9 Å². The lowest BCUT2D eigenvalue weighted by Gasteiger charge is -2.14. The average Bonchev–Trinajstić information content (AvgIpc) is 2.80. The first-order chi connectivity index (χ1) is 9.49. The van der Waals surface area contributed by atoms with Crippen LogP contribution in [0.4, 0.5) is 10.2 Å². The number of aryl methyl sites for hydroxylation is 3. The maximum atomic E-state index is 14.4. The van der Waals surface area contributed by atoms with Crippen molar-refractivity contribution in [1.82, 2.24) is 19.6 Å². The van der Waals surface area contributed by atoms with Crippen LogP contribution in [0.3, 0.4) is 0 Å². The third kappa shape index (κ3) is 1.72. The van der Waals surface area contributed by atoms with Gasteiger partial charge in [0.15, 0.2) is 0 Å². The van der Waals surface area contributed by atoms with E-state index in [4.69, 9.17) is 5.73 Å². The molecule has 3 aromatic rings. The van der Waals surface area contributed by atoms with Crippen LogP contribution in [-0.2, 0) is 0 Å². The van der Waals surface area contributed by atoms with Gasteiger partial charge in [-0.2, -0.15) is 14.6 Å². The number of nitrogen functional groups attached to an aromatic ring is 1. The molecule has 104 valence electrons. The van der Waals surface area contributed by atoms with Crippen molar-refractivity contribution in [3.8, 4) is 11.1 Å². The molecule has 2 aromatic heterocycles. The molecule has 0 radical (unpaired) electrons. The third-order valence-corrected chi connectivity index (χ3v) is 3.33. The van der Waals surface area contributed by atoms with Crippen molar-refractivity contribution in [3.05, 3.63) is 41.1 Å². The molecule has 0 unspecified atom stereocenters. The molecule has 0 spiro atoms. The van der Waals surface area contributed by atoms with Gasteiger partial charge >= 0.3 is 0 Å². The van der Waals surface area contributed by atoms with Crippen molar-refractivity contribution in [2.24, 2.45) is 0 Å². The van der Waals surface area contributed by atoms with Gasteiger partial charge in [-0.05, 0) is 38.0 Å². The van der Waals surface area contributed by atoms with Crippen LogP contribution < -0.4 is 5.73 Å². The fraction of sp³-hybridized carbons (Fsp3) is 0.214. The topological polar surface area (TPSA) is 69.1 Å². The molecule has 3 rings (SSSR count). The lowest BCUT2D eigenvalue weighted by molar-refractivity contribution is 0.628. The molecule has 0 saturated heterocycles. The number of nitrogens with zero attached hydrogens (tertiary/aromatic N) is 4. The van der Waals surface area contributed by atoms with Gasteiger partial charge in [-0.3, -0.25) is 0 Å². The Hall–Kier alpha value is -2.50. The molecule has 2 N–H and O–H groups in total. The second-order valence-electron chi connectivity index (χ2n) is 4.87. The minimum atomic E-state index is -0.307. The highest BCUT2D eigenvalue weighted by molar-refractivity contribution is 5.80. The van der Waals surface area contributed by atoms with Crippen molar-refractivity contribution in [2.45, 2.75) is 20.8 Å². The Morgan fingerprint density at radius 2 is 1.95 bits per heavy atom. The summed E-state index contributed by atoms with van der Waals surface area (Å²) in [6.07, 6.45) is 1.38. The summed E-state index contributed by atoms with van der Waals surface area (Å²) in [7, 11) is 0. The van der Waals surface area contributed by atoms with Crippen molar-refractivity contribution < 1.29 is 5.82 Å². The van der Waals surface area contributed by atoms with Gasteiger partial charge in [-0.15, -0.1) is 0 Å². The van der Waals surface area contributed by atoms with Gasteiger partial charge in [0.1, 0.15) is 18.0 Å². The summed E-state index contributed by atoms with van der Waals surface area (Å²) in [5.41, 5.74) is 9.48. The van der Waals surface area contributed by atoms with E-state index in [1.807, 2.05) is 19.9 Å². The molecule has 0 atom stereocenters. The fourth-order valence-electron chi connectivity index (χ4n) is 2.52. The number of rotatable bonds is 1. The number of fused-ring (bicyclic) bond motifs is 1. The second-order valence-corrected chi connectivity index (χ2v) is 4.87. The fourth-order valence-corrected chi connectivity index (χ4v) is 2.52. The zero-order chi connectivity index (χ0) is 14.4. The van der Waals surface area contributed by atoms with Crippen LogP contribution >= 0.6 is 0 Å². The first kappa shape index (κ1) is 12.5. The minimum absolute atomic E-state index is 0. The Morgan fingerprint density at radius 3 is 2.65 bits per heavy atom. The Morgan fingerprint density at radius 1 is 1.20 bits per heavy atom. The van der Waals surface area contributed by atoms with E-state index < -0.39 is 0 Å². The molecule has 2 heterocycles. The molecule has 1 aromatic carbocycles. The highest BCUT2D eigenvalue weighted by Crippen LogP contribution is 2.33. The van der Waals surface area contributed by atoms with Crippen LogP contribution in [0, 0.1) is 26.6 Å². The van der Waals surface area contributed by atoms with Crippen LogP contribution in [0.2, 0.25) is 0 Å². The largest absolute Gasteiger partial charge is 0.383 e. The van der Waals surface area contributed by atoms with Crippen molar-refractivity contribution >= 4 is 11.6 Å². The predicted octanol–water partition coefficient (Wildman–Crippen LogP) is 2.68. The number of nitrogens with two attached hydrogens (primary N) is 1. The SMILES string of the molecule is Cc1cc(C)c(-c2c(C)nc3ncnn3c2N)c(F)c1.[2HH]. The normalized spacial score (nSPS) is 11.2. The molecule has 0 aliphatic rings. The highest BCUT2D eigenvalue weighted by Gasteiger charge is 2.18. The zero-order valence-electron chi connectivity index (χ0n) is 11.5. The van der Waals surface area contributed by atoms with Gasteiger partial charge in [0.05, 0.1) is 5.69 Å². The molecule has 0 aliphatic heterocycles. The molecule has 0 amide bonds. The van der Waals surface area contributed by atoms with E-state index in [0.717, 1.165) is 11.1 Å². The van der Waals surface area contributed by atoms with Gasteiger partial charge in [0, 0.05) is 12.6 Å². The zero-order valence-corrected chi connectivity index (χ0v) is 11.5. The van der Waals surface area contributed by atoms with Crippen LogP contribution in [-0.4, -0.2) is 19.6 Å². The maximum Gasteiger partial charge on any atom is 0.254 e. The van der Waals surface area contributed by atoms with E-state index in [1.54, 1.807) is 6.92 Å². The predicted molar refractivity (Wildman–Crippen MR) is 76.9 cm³/mol. The van der Waals surface area contributed by atoms with Gasteiger partial charge in [-0.25, -0.2) is 9.37 Å². The number of anilines is 1. The molecule has 0 saturated carbocycles. The maximum absolute atomic E-state index is 14.4. The van der Waals surface area contributed by atoms with E-state index in [-0.39, 0.29) is 7.24 Å². The van der Waals surface area contributed by atoms with E-state index in [2.05, 4.69) is 15.1 Å². The Balaban J connectivity index is 0.00000161. The smallest absolute Gasteiger partial charge is 0.254 e. The molecular weight excluding hydrogens is 257 g/mol. The Labute approximate surface area is 116 Å². The molecular formula is C14H16FN5. The highest BCUT2D eigenvalue weighted by atomic mass is 19.1. The molecule has 5 nitrogen and oxygen atoms in total. The number of benzene rings is 1. The summed E-state index contributed by atoms with van der Waals surface area (Å²) in [6, 6.07) is 3.41. The standard InChI is InChI=1S/C14H14FN5.H2/c1-7-4-8(2)11(10(15)5-7)12-9(3)19-14-17-6-18-20(14)13(12)16;/h4-6H,16H2,1-3H3;1H/i;1+1. The number of aromatic nitrogens is 4. The number of hydrogen-bond donors (Lipinski definition) is 1. The molecule has 0 aliphatic carbocycles. The number of hydrogen-bond acceptors (Lipinski definition) is 4. The average molecular weight is 274 g/mol. The van der Waals surface area contributed by atoms with E-state index >= 15 is 0 Å². The Kier molecular flexibility index (Phi) is 2.67. The summed E-state index contributed by atoms with van der Waals surface area (Å²) in [5, 5.41) is 4.02. The summed E-state index contributed by atoms with van der Waals surface area (Å²) in [4.78, 5) is 8.32. The van der Waals surface area contributed by atoms with Crippen LogP contribution in [0.5, 0.6) is 0 Å². The van der Waals surface area contributed by atoms with E-state index in [9.17, 15) is 4.39 Å². The van der Waals surface area contributed by atoms with Gasteiger partial charge < -0.3 is 5.73 Å². The van der Waals surface area contributed by atoms with Crippen LogP contribution in [0.25, 0.3) is 16.9 Å². The lowest BCUT2D eigenvalue weighted by atomic mass is 9.97. The van der Waals surface area contributed by atoms with Crippen LogP contribution in [0.1, 0.15) is 18.2 Å². The molecule has 0 fully saturated rings. The van der Waals surface area contributed by atoms with E-state index in [0.29, 0.717) is 28.4 Å². The summed E-state index contributed by atoms with van der Waals surface area (Å²) in [6.45, 7) is 5.50. The lowest BCUT2D eigenvalue weighted by Crippen LogP contribution is -2.07. The number of halogens is 1. The van der Waals surface area contributed by atoms with Gasteiger partial charge in [-0.1, -0.05) is 6.07 Å². The minimum Gasteiger partial charge on any atom is -0.383 e. The summed E-state index contributed by atoms with van der Waals surface area (Å²) in [5.74, 6) is 0.448. The first-order valence-electron chi connectivity index (χ1n) is 6.22. The van der Waals surface area contributed by atoms with Gasteiger partial charge in [0.25, 0.3) is 5.78 Å². The summed E-state index contributed by atoms with van der Waals surface area (Å²) < 4.78 is 15.8. The van der Waals surface area contributed by atoms with Crippen molar-refractivity contribution in [2.75, 3.05) is 5.73 Å². The summed E-state index contributed by atoms with van der Waals surface area (Å²) >= 11 is 0. The molecule has 20 heavy (non-hydrogen) atoms. The second kappa shape index (κ2) is 4.26. The quantitative estimate of drug-likeness (QED) is 0.740. The van der Waals surface area contributed by atoms with Crippen LogP contribution in [0.15, 0.2) is 18.5 Å². The van der Waals surface area contributed by atoms with Gasteiger partial charge in [0.2, 0.25) is 0 Å².